The predicted octanol–water partition coefficient (Wildman–Crippen LogP) is -0.339. The van der Waals surface area contributed by atoms with E-state index in [0.717, 1.165) is 31.8 Å². The Balaban J connectivity index is 1.93. The summed E-state index contributed by atoms with van der Waals surface area (Å²) in [4.78, 5) is 8.14. The van der Waals surface area contributed by atoms with Gasteiger partial charge in [0.2, 0.25) is 0 Å². The highest BCUT2D eigenvalue weighted by Gasteiger charge is 2.19. The van der Waals surface area contributed by atoms with Gasteiger partial charge in [0.25, 0.3) is 0 Å². The van der Waals surface area contributed by atoms with Crippen LogP contribution < -0.4 is 11.1 Å². The fourth-order valence-corrected chi connectivity index (χ4v) is 1.93. The van der Waals surface area contributed by atoms with Crippen LogP contribution in [0.1, 0.15) is 12.2 Å². The number of rotatable bonds is 2. The van der Waals surface area contributed by atoms with Gasteiger partial charge in [-0.05, 0) is 18.9 Å². The summed E-state index contributed by atoms with van der Waals surface area (Å²) in [5.41, 5.74) is 5.86. The molecule has 5 nitrogen and oxygen atoms in total. The number of piperidine rings is 1. The van der Waals surface area contributed by atoms with Crippen LogP contribution in [-0.2, 0) is 6.42 Å². The van der Waals surface area contributed by atoms with Crippen LogP contribution in [-0.4, -0.2) is 34.2 Å². The molecule has 1 aliphatic rings. The molecule has 5 heteroatoms. The summed E-state index contributed by atoms with van der Waals surface area (Å²) < 4.78 is 0. The first-order valence-corrected chi connectivity index (χ1v) is 5.20. The quantitative estimate of drug-likeness (QED) is 0.619. The molecule has 1 unspecified atom stereocenters. The molecule has 0 radical (unpaired) electrons. The Hall–Kier alpha value is -1.20. The average molecular weight is 208 g/mol. The smallest absolute Gasteiger partial charge is 0.152 e. The van der Waals surface area contributed by atoms with Crippen molar-refractivity contribution in [2.45, 2.75) is 18.9 Å². The molecule has 15 heavy (non-hydrogen) atoms. The van der Waals surface area contributed by atoms with Gasteiger partial charge in [0.05, 0.1) is 12.4 Å². The topological polar surface area (TPSA) is 84.1 Å². The molecule has 4 N–H and O–H groups in total. The molecule has 2 atom stereocenters. The molecule has 1 fully saturated rings. The maximum Gasteiger partial charge on any atom is 0.152 e. The van der Waals surface area contributed by atoms with Crippen LogP contribution in [0.4, 0.5) is 0 Å². The lowest BCUT2D eigenvalue weighted by molar-refractivity contribution is 0.335. The van der Waals surface area contributed by atoms with Crippen LogP contribution in [0.15, 0.2) is 12.4 Å². The van der Waals surface area contributed by atoms with Crippen LogP contribution >= 0.6 is 0 Å². The summed E-state index contributed by atoms with van der Waals surface area (Å²) in [6.45, 7) is 1.87. The van der Waals surface area contributed by atoms with Gasteiger partial charge in [0.15, 0.2) is 5.75 Å². The highest BCUT2D eigenvalue weighted by Crippen LogP contribution is 2.14. The van der Waals surface area contributed by atoms with Crippen molar-refractivity contribution in [1.29, 1.82) is 0 Å². The number of aromatic nitrogens is 2. The lowest BCUT2D eigenvalue weighted by atomic mass is 9.93. The van der Waals surface area contributed by atoms with Gasteiger partial charge in [-0.25, -0.2) is 9.97 Å². The summed E-state index contributed by atoms with van der Waals surface area (Å²) in [7, 11) is 0. The van der Waals surface area contributed by atoms with Crippen molar-refractivity contribution in [1.82, 2.24) is 15.3 Å². The van der Waals surface area contributed by atoms with Crippen molar-refractivity contribution in [2.75, 3.05) is 13.1 Å². The van der Waals surface area contributed by atoms with Crippen LogP contribution in [0.25, 0.3) is 0 Å². The van der Waals surface area contributed by atoms with E-state index in [2.05, 4.69) is 15.3 Å². The van der Waals surface area contributed by atoms with Gasteiger partial charge in [0, 0.05) is 19.0 Å². The number of aromatic hydroxyl groups is 1. The molecule has 0 aromatic carbocycles. The molecule has 1 aliphatic heterocycles. The molecule has 2 rings (SSSR count). The summed E-state index contributed by atoms with van der Waals surface area (Å²) in [6, 6.07) is 0.237. The Labute approximate surface area is 88.7 Å². The van der Waals surface area contributed by atoms with Crippen molar-refractivity contribution in [3.63, 3.8) is 0 Å². The van der Waals surface area contributed by atoms with Crippen molar-refractivity contribution >= 4 is 0 Å². The Morgan fingerprint density at radius 1 is 1.40 bits per heavy atom. The Bertz CT molecular complexity index is 314. The number of nitrogens with two attached hydrogens (primary N) is 1. The van der Waals surface area contributed by atoms with E-state index in [-0.39, 0.29) is 11.8 Å². The summed E-state index contributed by atoms with van der Waals surface area (Å²) in [6.07, 6.45) is 4.69. The van der Waals surface area contributed by atoms with Gasteiger partial charge >= 0.3 is 0 Å². The average Bonchev–Trinajstić information content (AvgIpc) is 2.22. The lowest BCUT2D eigenvalue weighted by Crippen LogP contribution is -2.44. The first kappa shape index (κ1) is 10.3. The third-order valence-electron chi connectivity index (χ3n) is 2.64. The molecule has 1 saturated heterocycles. The fourth-order valence-electron chi connectivity index (χ4n) is 1.93. The molecular formula is C10H16N4O. The third-order valence-corrected chi connectivity index (χ3v) is 2.64. The van der Waals surface area contributed by atoms with Gasteiger partial charge in [-0.1, -0.05) is 0 Å². The molecular weight excluding hydrogens is 192 g/mol. The Morgan fingerprint density at radius 2 is 2.13 bits per heavy atom. The van der Waals surface area contributed by atoms with E-state index in [4.69, 9.17) is 10.8 Å². The highest BCUT2D eigenvalue weighted by atomic mass is 16.3. The van der Waals surface area contributed by atoms with Crippen molar-refractivity contribution in [2.24, 2.45) is 11.7 Å². The SMILES string of the molecule is N[C@H]1CNCC(Cc2ncc(O)cn2)C1. The van der Waals surface area contributed by atoms with E-state index in [0.29, 0.717) is 5.92 Å². The summed E-state index contributed by atoms with van der Waals surface area (Å²) in [5, 5.41) is 12.3. The van der Waals surface area contributed by atoms with E-state index < -0.39 is 0 Å². The van der Waals surface area contributed by atoms with E-state index in [1.165, 1.54) is 12.4 Å². The van der Waals surface area contributed by atoms with Crippen molar-refractivity contribution in [3.8, 4) is 5.75 Å². The molecule has 0 bridgehead atoms. The monoisotopic (exact) mass is 208 g/mol. The number of hydrogen-bond donors (Lipinski definition) is 3. The zero-order chi connectivity index (χ0) is 10.7. The second-order valence-corrected chi connectivity index (χ2v) is 4.08. The summed E-state index contributed by atoms with van der Waals surface area (Å²) in [5.74, 6) is 1.38. The number of hydrogen-bond acceptors (Lipinski definition) is 5. The Morgan fingerprint density at radius 3 is 2.80 bits per heavy atom. The van der Waals surface area contributed by atoms with Crippen molar-refractivity contribution < 1.29 is 5.11 Å². The molecule has 82 valence electrons. The standard InChI is InChI=1S/C10H16N4O/c11-8-1-7(3-12-4-8)2-10-13-5-9(15)6-14-10/h5-8,12,15H,1-4,11H2/t7?,8-/m1/s1. The highest BCUT2D eigenvalue weighted by molar-refractivity contribution is 5.09. The largest absolute Gasteiger partial charge is 0.505 e. The van der Waals surface area contributed by atoms with Gasteiger partial charge in [-0.3, -0.25) is 0 Å². The molecule has 0 saturated carbocycles. The molecule has 1 aromatic rings. The maximum absolute atomic E-state index is 9.05. The normalized spacial score (nSPS) is 26.5. The second kappa shape index (κ2) is 4.55. The van der Waals surface area contributed by atoms with Crippen LogP contribution in [0.2, 0.25) is 0 Å². The minimum Gasteiger partial charge on any atom is -0.505 e. The van der Waals surface area contributed by atoms with Crippen LogP contribution in [0, 0.1) is 5.92 Å². The van der Waals surface area contributed by atoms with E-state index in [9.17, 15) is 0 Å². The van der Waals surface area contributed by atoms with Gasteiger partial charge < -0.3 is 16.2 Å². The number of nitrogens with one attached hydrogen (secondary N) is 1. The molecule has 0 aliphatic carbocycles. The van der Waals surface area contributed by atoms with Gasteiger partial charge in [-0.2, -0.15) is 0 Å². The minimum atomic E-state index is 0.109. The third kappa shape index (κ3) is 2.87. The Kier molecular flexibility index (Phi) is 3.13. The first-order valence-electron chi connectivity index (χ1n) is 5.20. The first-order chi connectivity index (χ1) is 7.24. The molecule has 2 heterocycles. The molecule has 0 spiro atoms. The number of nitrogens with zero attached hydrogens (tertiary/aromatic N) is 2. The zero-order valence-corrected chi connectivity index (χ0v) is 8.56. The lowest BCUT2D eigenvalue weighted by Gasteiger charge is -2.26. The summed E-state index contributed by atoms with van der Waals surface area (Å²) >= 11 is 0. The second-order valence-electron chi connectivity index (χ2n) is 4.08. The maximum atomic E-state index is 9.05. The van der Waals surface area contributed by atoms with E-state index >= 15 is 0 Å². The molecule has 1 aromatic heterocycles. The van der Waals surface area contributed by atoms with Crippen LogP contribution in [0.5, 0.6) is 5.75 Å². The minimum absolute atomic E-state index is 0.109. The van der Waals surface area contributed by atoms with Crippen LogP contribution in [0.3, 0.4) is 0 Å². The zero-order valence-electron chi connectivity index (χ0n) is 8.56. The van der Waals surface area contributed by atoms with Crippen molar-refractivity contribution in [3.05, 3.63) is 18.2 Å². The predicted molar refractivity (Wildman–Crippen MR) is 56.4 cm³/mol. The van der Waals surface area contributed by atoms with Gasteiger partial charge in [0.1, 0.15) is 5.82 Å². The molecule has 0 amide bonds. The van der Waals surface area contributed by atoms with E-state index in [1.54, 1.807) is 0 Å². The fraction of sp³-hybridized carbons (Fsp3) is 0.600. The van der Waals surface area contributed by atoms with E-state index in [1.807, 2.05) is 0 Å². The van der Waals surface area contributed by atoms with Gasteiger partial charge in [-0.15, -0.1) is 0 Å².